The van der Waals surface area contributed by atoms with Crippen molar-refractivity contribution in [3.63, 3.8) is 0 Å². The Labute approximate surface area is 179 Å². The molecule has 4 rings (SSSR count). The summed E-state index contributed by atoms with van der Waals surface area (Å²) < 4.78 is 0. The molecular formula is C19H25ClN8O2. The number of hydrogen-bond donors (Lipinski definition) is 5. The first kappa shape index (κ1) is 20.4. The average molecular weight is 433 g/mol. The average Bonchev–Trinajstić information content (AvgIpc) is 2.67. The zero-order valence-electron chi connectivity index (χ0n) is 17.0. The van der Waals surface area contributed by atoms with E-state index in [-0.39, 0.29) is 24.2 Å². The predicted octanol–water partition coefficient (Wildman–Crippen LogP) is 2.17. The van der Waals surface area contributed by atoms with Crippen molar-refractivity contribution in [1.29, 1.82) is 0 Å². The Morgan fingerprint density at radius 3 is 2.77 bits per heavy atom. The zero-order chi connectivity index (χ0) is 21.4. The highest BCUT2D eigenvalue weighted by molar-refractivity contribution is 6.29. The second-order valence-electron chi connectivity index (χ2n) is 7.75. The lowest BCUT2D eigenvalue weighted by atomic mass is 9.87. The fraction of sp³-hybridized carbons (Fsp3) is 0.474. The third-order valence-corrected chi connectivity index (χ3v) is 5.78. The van der Waals surface area contributed by atoms with Gasteiger partial charge in [0.05, 0.1) is 23.6 Å². The molecule has 1 aliphatic carbocycles. The lowest BCUT2D eigenvalue weighted by Crippen LogP contribution is -2.51. The molecule has 2 amide bonds. The van der Waals surface area contributed by atoms with Gasteiger partial charge < -0.3 is 31.3 Å². The van der Waals surface area contributed by atoms with Gasteiger partial charge in [0.15, 0.2) is 5.82 Å². The summed E-state index contributed by atoms with van der Waals surface area (Å²) in [5.41, 5.74) is 2.10. The summed E-state index contributed by atoms with van der Waals surface area (Å²) in [5, 5.41) is 22.6. The van der Waals surface area contributed by atoms with Crippen molar-refractivity contribution in [3.8, 4) is 0 Å². The Kier molecular flexibility index (Phi) is 5.52. The van der Waals surface area contributed by atoms with Crippen molar-refractivity contribution in [2.75, 3.05) is 27.9 Å². The molecule has 2 aliphatic rings. The SMILES string of the molecule is Cc1nc(NC2CC(NC(=O)Nc3ccc(Cl)nc3)C2)nc2c1NC(O)[C@H](C)N2C. The van der Waals surface area contributed by atoms with Gasteiger partial charge in [-0.1, -0.05) is 11.6 Å². The van der Waals surface area contributed by atoms with E-state index in [0.717, 1.165) is 30.0 Å². The van der Waals surface area contributed by atoms with Gasteiger partial charge in [0.2, 0.25) is 5.95 Å². The highest BCUT2D eigenvalue weighted by atomic mass is 35.5. The van der Waals surface area contributed by atoms with Crippen molar-refractivity contribution in [2.45, 2.75) is 51.0 Å². The van der Waals surface area contributed by atoms with E-state index in [0.29, 0.717) is 16.8 Å². The summed E-state index contributed by atoms with van der Waals surface area (Å²) in [5.74, 6) is 1.30. The molecule has 1 saturated carbocycles. The van der Waals surface area contributed by atoms with Gasteiger partial charge in [-0.15, -0.1) is 0 Å². The maximum absolute atomic E-state index is 12.1. The normalized spacial score (nSPS) is 24.9. The van der Waals surface area contributed by atoms with Gasteiger partial charge in [-0.05, 0) is 38.8 Å². The van der Waals surface area contributed by atoms with Crippen LogP contribution >= 0.6 is 11.6 Å². The molecule has 1 fully saturated rings. The number of nitrogens with one attached hydrogen (secondary N) is 4. The Bertz CT molecular complexity index is 935. The Morgan fingerprint density at radius 2 is 2.07 bits per heavy atom. The molecule has 2 aromatic heterocycles. The van der Waals surface area contributed by atoms with Gasteiger partial charge in [-0.3, -0.25) is 0 Å². The van der Waals surface area contributed by atoms with Crippen molar-refractivity contribution in [3.05, 3.63) is 29.2 Å². The van der Waals surface area contributed by atoms with Gasteiger partial charge in [0.1, 0.15) is 17.1 Å². The van der Waals surface area contributed by atoms with E-state index in [1.807, 2.05) is 25.8 Å². The fourth-order valence-electron chi connectivity index (χ4n) is 3.56. The minimum Gasteiger partial charge on any atom is -0.372 e. The number of hydrogen-bond acceptors (Lipinski definition) is 8. The van der Waals surface area contributed by atoms with Crippen LogP contribution in [0.25, 0.3) is 0 Å². The number of anilines is 4. The van der Waals surface area contributed by atoms with Gasteiger partial charge >= 0.3 is 6.03 Å². The first-order valence-electron chi connectivity index (χ1n) is 9.82. The minimum atomic E-state index is -0.670. The van der Waals surface area contributed by atoms with Crippen LogP contribution in [0.3, 0.4) is 0 Å². The summed E-state index contributed by atoms with van der Waals surface area (Å²) in [6.45, 7) is 3.81. The van der Waals surface area contributed by atoms with Crippen LogP contribution in [-0.2, 0) is 0 Å². The van der Waals surface area contributed by atoms with Crippen LogP contribution in [0.15, 0.2) is 18.3 Å². The van der Waals surface area contributed by atoms with E-state index in [9.17, 15) is 9.90 Å². The number of carbonyl (C=O) groups is 1. The van der Waals surface area contributed by atoms with Crippen LogP contribution in [0.5, 0.6) is 0 Å². The molecule has 0 aromatic carbocycles. The smallest absolute Gasteiger partial charge is 0.319 e. The number of nitrogens with zero attached hydrogens (tertiary/aromatic N) is 4. The zero-order valence-corrected chi connectivity index (χ0v) is 17.7. The molecule has 0 bridgehead atoms. The molecule has 2 atom stereocenters. The molecule has 30 heavy (non-hydrogen) atoms. The Balaban J connectivity index is 1.30. The van der Waals surface area contributed by atoms with E-state index in [2.05, 4.69) is 36.2 Å². The van der Waals surface area contributed by atoms with E-state index in [4.69, 9.17) is 11.6 Å². The summed E-state index contributed by atoms with van der Waals surface area (Å²) >= 11 is 5.74. The number of carbonyl (C=O) groups excluding carboxylic acids is 1. The minimum absolute atomic E-state index is 0.0704. The first-order valence-corrected chi connectivity index (χ1v) is 10.2. The number of aliphatic hydroxyl groups excluding tert-OH is 1. The standard InChI is InChI=1S/C19H25ClN8O2/c1-9-15-16(28(3)10(2)17(29)26-15)27-18(22-9)23-12-6-13(7-12)25-19(30)24-11-4-5-14(20)21-8-11/h4-5,8,10,12-13,17,26,29H,6-7H2,1-3H3,(H,22,23,27)(H2,24,25,30)/t10-,12?,13?,17?/m0/s1. The number of rotatable bonds is 4. The largest absolute Gasteiger partial charge is 0.372 e. The van der Waals surface area contributed by atoms with E-state index >= 15 is 0 Å². The molecule has 0 spiro atoms. The topological polar surface area (TPSA) is 127 Å². The third kappa shape index (κ3) is 4.19. The molecule has 10 nitrogen and oxygen atoms in total. The van der Waals surface area contributed by atoms with Gasteiger partial charge in [0, 0.05) is 19.1 Å². The quantitative estimate of drug-likeness (QED) is 0.465. The molecule has 11 heteroatoms. The Hall–Kier alpha value is -2.85. The number of amides is 2. The molecular weight excluding hydrogens is 408 g/mol. The van der Waals surface area contributed by atoms with Gasteiger partial charge in [-0.25, -0.2) is 14.8 Å². The second kappa shape index (κ2) is 8.11. The van der Waals surface area contributed by atoms with Gasteiger partial charge in [0.25, 0.3) is 0 Å². The summed E-state index contributed by atoms with van der Waals surface area (Å²) in [6, 6.07) is 3.18. The van der Waals surface area contributed by atoms with Gasteiger partial charge in [-0.2, -0.15) is 4.98 Å². The fourth-order valence-corrected chi connectivity index (χ4v) is 3.67. The van der Waals surface area contributed by atoms with Crippen molar-refractivity contribution >= 4 is 40.8 Å². The van der Waals surface area contributed by atoms with E-state index < -0.39 is 6.23 Å². The van der Waals surface area contributed by atoms with E-state index in [1.54, 1.807) is 12.1 Å². The van der Waals surface area contributed by atoms with E-state index in [1.165, 1.54) is 6.20 Å². The van der Waals surface area contributed by atoms with Crippen molar-refractivity contribution in [1.82, 2.24) is 20.3 Å². The lowest BCUT2D eigenvalue weighted by Gasteiger charge is -2.39. The molecule has 2 aromatic rings. The number of aryl methyl sites for hydroxylation is 1. The molecule has 0 saturated heterocycles. The van der Waals surface area contributed by atoms with Crippen LogP contribution in [0, 0.1) is 6.92 Å². The van der Waals surface area contributed by atoms with Crippen molar-refractivity contribution in [2.24, 2.45) is 0 Å². The number of halogens is 1. The highest BCUT2D eigenvalue weighted by Gasteiger charge is 2.33. The third-order valence-electron chi connectivity index (χ3n) is 5.56. The molecule has 1 unspecified atom stereocenters. The highest BCUT2D eigenvalue weighted by Crippen LogP contribution is 2.34. The summed E-state index contributed by atoms with van der Waals surface area (Å²) in [7, 11) is 1.90. The number of urea groups is 1. The first-order chi connectivity index (χ1) is 14.3. The molecule has 3 heterocycles. The number of aromatic nitrogens is 3. The number of likely N-dealkylation sites (N-methyl/N-ethyl adjacent to an activating group) is 1. The Morgan fingerprint density at radius 1 is 1.30 bits per heavy atom. The summed E-state index contributed by atoms with van der Waals surface area (Å²) in [6.07, 6.45) is 2.38. The summed E-state index contributed by atoms with van der Waals surface area (Å²) in [4.78, 5) is 27.1. The van der Waals surface area contributed by atoms with Crippen LogP contribution in [0.4, 0.5) is 27.9 Å². The maximum atomic E-state index is 12.1. The van der Waals surface area contributed by atoms with Crippen molar-refractivity contribution < 1.29 is 9.90 Å². The van der Waals surface area contributed by atoms with Crippen LogP contribution in [0.1, 0.15) is 25.5 Å². The monoisotopic (exact) mass is 432 g/mol. The number of pyridine rings is 1. The van der Waals surface area contributed by atoms with Crippen LogP contribution < -0.4 is 26.2 Å². The molecule has 160 valence electrons. The maximum Gasteiger partial charge on any atom is 0.319 e. The van der Waals surface area contributed by atoms with Crippen LogP contribution in [0.2, 0.25) is 5.15 Å². The second-order valence-corrected chi connectivity index (χ2v) is 8.14. The molecule has 5 N–H and O–H groups in total. The number of aliphatic hydroxyl groups is 1. The van der Waals surface area contributed by atoms with Crippen LogP contribution in [-0.4, -0.2) is 57.5 Å². The lowest BCUT2D eigenvalue weighted by molar-refractivity contribution is 0.172. The molecule has 1 aliphatic heterocycles. The predicted molar refractivity (Wildman–Crippen MR) is 116 cm³/mol. The number of fused-ring (bicyclic) bond motifs is 1. The molecule has 0 radical (unpaired) electrons.